The van der Waals surface area contributed by atoms with Crippen LogP contribution in [0.2, 0.25) is 0 Å². The minimum atomic E-state index is -0.785. The van der Waals surface area contributed by atoms with Crippen molar-refractivity contribution in [3.05, 3.63) is 65.9 Å². The lowest BCUT2D eigenvalue weighted by Crippen LogP contribution is -2.15. The number of aromatic nitrogens is 1. The number of hydrogen-bond acceptors (Lipinski definition) is 7. The average molecular weight is 481 g/mol. The lowest BCUT2D eigenvalue weighted by molar-refractivity contribution is -0.110. The Bertz CT molecular complexity index is 1200. The summed E-state index contributed by atoms with van der Waals surface area (Å²) in [5, 5.41) is 3.82. The Labute approximate surface area is 203 Å². The quantitative estimate of drug-likeness (QED) is 0.238. The van der Waals surface area contributed by atoms with Crippen LogP contribution in [0.15, 0.2) is 54.7 Å². The summed E-state index contributed by atoms with van der Waals surface area (Å²) in [5.41, 5.74) is 3.96. The molecule has 2 heterocycles. The van der Waals surface area contributed by atoms with E-state index in [9.17, 15) is 9.59 Å². The van der Waals surface area contributed by atoms with Gasteiger partial charge in [0.1, 0.15) is 6.61 Å². The fourth-order valence-corrected chi connectivity index (χ4v) is 3.75. The number of benzene rings is 2. The predicted molar refractivity (Wildman–Crippen MR) is 131 cm³/mol. The van der Waals surface area contributed by atoms with Gasteiger partial charge in [0.15, 0.2) is 6.73 Å². The Morgan fingerprint density at radius 1 is 0.914 bits per heavy atom. The monoisotopic (exact) mass is 480 g/mol. The standard InChI is InChI=1S/C26H28N2O7/c1-31-10-11-32-12-13-33-14-15-34-26(30)35-18-28-17-19(20-6-3-5-9-24(20)28)16-22-21-7-2-4-8-23(21)27-25(22)29/h2-9,16-17H,10-15,18H2,1H3,(H,27,29)/b22-16-. The molecule has 0 spiro atoms. The number of fused-ring (bicyclic) bond motifs is 2. The summed E-state index contributed by atoms with van der Waals surface area (Å²) in [5.74, 6) is -0.147. The molecule has 184 valence electrons. The van der Waals surface area contributed by atoms with Crippen molar-refractivity contribution in [3.8, 4) is 0 Å². The van der Waals surface area contributed by atoms with E-state index in [1.807, 2.05) is 60.8 Å². The fourth-order valence-electron chi connectivity index (χ4n) is 3.75. The van der Waals surface area contributed by atoms with Gasteiger partial charge in [-0.2, -0.15) is 0 Å². The summed E-state index contributed by atoms with van der Waals surface area (Å²) in [7, 11) is 1.61. The van der Waals surface area contributed by atoms with E-state index >= 15 is 0 Å². The summed E-state index contributed by atoms with van der Waals surface area (Å²) in [4.78, 5) is 24.5. The molecule has 0 unspecified atom stereocenters. The zero-order valence-electron chi connectivity index (χ0n) is 19.5. The number of methoxy groups -OCH3 is 1. The van der Waals surface area contributed by atoms with Crippen LogP contribution in [-0.2, 0) is 35.2 Å². The molecule has 0 saturated carbocycles. The number of hydrogen-bond donors (Lipinski definition) is 1. The first kappa shape index (κ1) is 24.5. The van der Waals surface area contributed by atoms with Crippen LogP contribution in [-0.4, -0.2) is 63.4 Å². The van der Waals surface area contributed by atoms with Crippen LogP contribution < -0.4 is 5.32 Å². The highest BCUT2D eigenvalue weighted by molar-refractivity contribution is 6.35. The van der Waals surface area contributed by atoms with Gasteiger partial charge in [-0.05, 0) is 18.2 Å². The van der Waals surface area contributed by atoms with Gasteiger partial charge in [-0.15, -0.1) is 0 Å². The van der Waals surface area contributed by atoms with E-state index in [0.717, 1.165) is 27.7 Å². The normalized spacial score (nSPS) is 13.7. The van der Waals surface area contributed by atoms with E-state index in [-0.39, 0.29) is 25.9 Å². The first-order valence-corrected chi connectivity index (χ1v) is 11.3. The average Bonchev–Trinajstić information content (AvgIpc) is 3.39. The number of carbonyl (C=O) groups excluding carboxylic acids is 2. The van der Waals surface area contributed by atoms with Crippen molar-refractivity contribution in [2.45, 2.75) is 6.73 Å². The summed E-state index contributed by atoms with van der Waals surface area (Å²) in [6.07, 6.45) is 2.92. The molecule has 1 aromatic heterocycles. The Morgan fingerprint density at radius 3 is 2.46 bits per heavy atom. The Morgan fingerprint density at radius 2 is 1.63 bits per heavy atom. The van der Waals surface area contributed by atoms with Gasteiger partial charge >= 0.3 is 6.16 Å². The highest BCUT2D eigenvalue weighted by Gasteiger charge is 2.24. The number of anilines is 1. The van der Waals surface area contributed by atoms with Crippen LogP contribution in [0.3, 0.4) is 0 Å². The molecule has 9 heteroatoms. The van der Waals surface area contributed by atoms with Crippen molar-refractivity contribution in [2.24, 2.45) is 0 Å². The molecule has 1 amide bonds. The number of amides is 1. The molecule has 1 aliphatic heterocycles. The molecule has 4 rings (SSSR count). The third-order valence-electron chi connectivity index (χ3n) is 5.40. The smallest absolute Gasteiger partial charge is 0.432 e. The minimum Gasteiger partial charge on any atom is -0.432 e. The molecule has 0 bridgehead atoms. The van der Waals surface area contributed by atoms with E-state index in [0.29, 0.717) is 32.0 Å². The molecule has 2 aromatic carbocycles. The molecule has 1 N–H and O–H groups in total. The van der Waals surface area contributed by atoms with Crippen molar-refractivity contribution in [1.82, 2.24) is 4.57 Å². The van der Waals surface area contributed by atoms with Crippen LogP contribution >= 0.6 is 0 Å². The zero-order valence-corrected chi connectivity index (χ0v) is 19.5. The topological polar surface area (TPSA) is 97.2 Å². The van der Waals surface area contributed by atoms with Gasteiger partial charge in [-0.3, -0.25) is 4.79 Å². The van der Waals surface area contributed by atoms with Crippen LogP contribution in [0, 0.1) is 0 Å². The third-order valence-corrected chi connectivity index (χ3v) is 5.40. The van der Waals surface area contributed by atoms with Crippen LogP contribution in [0.25, 0.3) is 22.6 Å². The molecule has 0 radical (unpaired) electrons. The Balaban J connectivity index is 1.32. The van der Waals surface area contributed by atoms with Crippen molar-refractivity contribution >= 4 is 40.3 Å². The maximum absolute atomic E-state index is 12.5. The Hall–Kier alpha value is -3.66. The van der Waals surface area contributed by atoms with Gasteiger partial charge in [-0.25, -0.2) is 4.79 Å². The van der Waals surface area contributed by atoms with Crippen LogP contribution in [0.1, 0.15) is 11.1 Å². The SMILES string of the molecule is COCCOCCOCCOC(=O)OCn1cc(/C=C2\C(=O)Nc3ccccc32)c2ccccc21. The van der Waals surface area contributed by atoms with Gasteiger partial charge in [0.25, 0.3) is 5.91 Å². The van der Waals surface area contributed by atoms with Crippen molar-refractivity contribution in [2.75, 3.05) is 52.1 Å². The molecule has 0 atom stereocenters. The van der Waals surface area contributed by atoms with Crippen LogP contribution in [0.4, 0.5) is 10.5 Å². The molecule has 0 fully saturated rings. The lowest BCUT2D eigenvalue weighted by atomic mass is 10.0. The highest BCUT2D eigenvalue weighted by Crippen LogP contribution is 2.34. The molecule has 35 heavy (non-hydrogen) atoms. The molecular weight excluding hydrogens is 452 g/mol. The van der Waals surface area contributed by atoms with E-state index in [1.54, 1.807) is 11.7 Å². The number of carbonyl (C=O) groups is 2. The Kier molecular flexibility index (Phi) is 8.50. The zero-order chi connectivity index (χ0) is 24.5. The number of ether oxygens (including phenoxy) is 5. The van der Waals surface area contributed by atoms with E-state index in [1.165, 1.54) is 0 Å². The second-order valence-corrected chi connectivity index (χ2v) is 7.72. The second kappa shape index (κ2) is 12.2. The predicted octanol–water partition coefficient (Wildman–Crippen LogP) is 3.92. The van der Waals surface area contributed by atoms with Gasteiger partial charge < -0.3 is 33.6 Å². The first-order chi connectivity index (χ1) is 17.2. The molecule has 0 saturated heterocycles. The van der Waals surface area contributed by atoms with E-state index in [4.69, 9.17) is 23.7 Å². The van der Waals surface area contributed by atoms with E-state index < -0.39 is 6.16 Å². The molecule has 9 nitrogen and oxygen atoms in total. The molecular formula is C26H28N2O7. The number of para-hydroxylation sites is 2. The fraction of sp³-hybridized carbons (Fsp3) is 0.308. The summed E-state index contributed by atoms with van der Waals surface area (Å²) < 4.78 is 27.6. The molecule has 3 aromatic rings. The first-order valence-electron chi connectivity index (χ1n) is 11.3. The molecule has 1 aliphatic rings. The second-order valence-electron chi connectivity index (χ2n) is 7.72. The largest absolute Gasteiger partial charge is 0.510 e. The summed E-state index contributed by atoms with van der Waals surface area (Å²) in [6, 6.07) is 15.3. The minimum absolute atomic E-state index is 0.0283. The van der Waals surface area contributed by atoms with Gasteiger partial charge in [0.05, 0.1) is 38.6 Å². The van der Waals surface area contributed by atoms with Crippen molar-refractivity contribution in [3.63, 3.8) is 0 Å². The molecule has 0 aliphatic carbocycles. The van der Waals surface area contributed by atoms with Gasteiger partial charge in [0.2, 0.25) is 0 Å². The number of nitrogens with zero attached hydrogens (tertiary/aromatic N) is 1. The number of nitrogens with one attached hydrogen (secondary N) is 1. The highest BCUT2D eigenvalue weighted by atomic mass is 16.7. The summed E-state index contributed by atoms with van der Waals surface area (Å²) >= 11 is 0. The lowest BCUT2D eigenvalue weighted by Gasteiger charge is -2.09. The summed E-state index contributed by atoms with van der Waals surface area (Å²) in [6.45, 7) is 2.19. The number of rotatable bonds is 12. The van der Waals surface area contributed by atoms with Crippen molar-refractivity contribution in [1.29, 1.82) is 0 Å². The van der Waals surface area contributed by atoms with Gasteiger partial charge in [-0.1, -0.05) is 36.4 Å². The maximum atomic E-state index is 12.5. The van der Waals surface area contributed by atoms with Crippen molar-refractivity contribution < 1.29 is 33.3 Å². The van der Waals surface area contributed by atoms with Crippen LogP contribution in [0.5, 0.6) is 0 Å². The van der Waals surface area contributed by atoms with E-state index in [2.05, 4.69) is 5.32 Å². The van der Waals surface area contributed by atoms with Gasteiger partial charge in [0, 0.05) is 41.1 Å². The third kappa shape index (κ3) is 6.27. The maximum Gasteiger partial charge on any atom is 0.510 e.